The molecule has 2 heterocycles. The van der Waals surface area contributed by atoms with Crippen molar-refractivity contribution in [1.29, 1.82) is 0 Å². The average molecular weight is 331 g/mol. The molecule has 1 aliphatic rings. The van der Waals surface area contributed by atoms with Crippen LogP contribution in [0.2, 0.25) is 0 Å². The van der Waals surface area contributed by atoms with Gasteiger partial charge in [-0.15, -0.1) is 0 Å². The van der Waals surface area contributed by atoms with E-state index in [2.05, 4.69) is 5.32 Å². The van der Waals surface area contributed by atoms with Gasteiger partial charge in [-0.25, -0.2) is 4.79 Å². The van der Waals surface area contributed by atoms with Crippen LogP contribution in [0.4, 0.5) is 0 Å². The van der Waals surface area contributed by atoms with Gasteiger partial charge in [0.15, 0.2) is 17.3 Å². The highest BCUT2D eigenvalue weighted by Crippen LogP contribution is 2.35. The van der Waals surface area contributed by atoms with Gasteiger partial charge in [0.05, 0.1) is 6.26 Å². The summed E-state index contributed by atoms with van der Waals surface area (Å²) in [5.74, 6) is 0.372. The van der Waals surface area contributed by atoms with Gasteiger partial charge in [0.25, 0.3) is 5.91 Å². The van der Waals surface area contributed by atoms with Crippen LogP contribution in [0.15, 0.2) is 41.0 Å². The van der Waals surface area contributed by atoms with Crippen LogP contribution in [-0.4, -0.2) is 24.7 Å². The smallest absolute Gasteiger partial charge is 0.334 e. The van der Waals surface area contributed by atoms with E-state index in [1.54, 1.807) is 24.3 Å². The fourth-order valence-electron chi connectivity index (χ4n) is 2.24. The topological polar surface area (TPSA) is 87.0 Å². The third-order valence-corrected chi connectivity index (χ3v) is 3.51. The molecule has 0 bridgehead atoms. The van der Waals surface area contributed by atoms with E-state index in [9.17, 15) is 9.59 Å². The molecule has 1 aliphatic heterocycles. The van der Waals surface area contributed by atoms with E-state index in [1.807, 2.05) is 13.8 Å². The summed E-state index contributed by atoms with van der Waals surface area (Å²) in [5.41, 5.74) is 0. The minimum Gasteiger partial charge on any atom is -0.459 e. The molecule has 24 heavy (non-hydrogen) atoms. The Bertz CT molecular complexity index is 738. The van der Waals surface area contributed by atoms with Gasteiger partial charge in [-0.1, -0.05) is 13.8 Å². The number of carbonyl (C=O) groups excluding carboxylic acids is 2. The lowest BCUT2D eigenvalue weighted by Gasteiger charge is -2.20. The molecular weight excluding hydrogens is 314 g/mol. The second-order valence-corrected chi connectivity index (χ2v) is 5.61. The first kappa shape index (κ1) is 15.9. The second kappa shape index (κ2) is 6.66. The standard InChI is InChI=1S/C17H17NO6/c1-10(2)15(18-16(19)13-4-3-7-21-13)17(20)24-11-5-6-12-14(8-11)23-9-22-12/h3-8,10,15H,9H2,1-2H3,(H,18,19)/t15-/m0/s1. The predicted molar refractivity (Wildman–Crippen MR) is 83.0 cm³/mol. The molecule has 0 unspecified atom stereocenters. The van der Waals surface area contributed by atoms with Gasteiger partial charge in [-0.3, -0.25) is 4.79 Å². The number of rotatable bonds is 5. The monoisotopic (exact) mass is 331 g/mol. The van der Waals surface area contributed by atoms with Crippen LogP contribution in [0.25, 0.3) is 0 Å². The number of benzene rings is 1. The minimum absolute atomic E-state index is 0.136. The maximum Gasteiger partial charge on any atom is 0.334 e. The van der Waals surface area contributed by atoms with E-state index in [0.717, 1.165) is 0 Å². The molecule has 3 rings (SSSR count). The molecule has 126 valence electrons. The van der Waals surface area contributed by atoms with Crippen molar-refractivity contribution in [2.75, 3.05) is 6.79 Å². The van der Waals surface area contributed by atoms with Gasteiger partial charge in [0.1, 0.15) is 11.8 Å². The highest BCUT2D eigenvalue weighted by molar-refractivity contribution is 5.94. The normalized spacial score (nSPS) is 13.6. The van der Waals surface area contributed by atoms with Gasteiger partial charge >= 0.3 is 5.97 Å². The number of amides is 1. The highest BCUT2D eigenvalue weighted by Gasteiger charge is 2.28. The first-order valence-electron chi connectivity index (χ1n) is 7.50. The van der Waals surface area contributed by atoms with Gasteiger partial charge in [-0.2, -0.15) is 0 Å². The Morgan fingerprint density at radius 1 is 1.17 bits per heavy atom. The highest BCUT2D eigenvalue weighted by atomic mass is 16.7. The number of carbonyl (C=O) groups is 2. The Kier molecular flexibility index (Phi) is 4.41. The third kappa shape index (κ3) is 3.34. The Labute approximate surface area is 138 Å². The summed E-state index contributed by atoms with van der Waals surface area (Å²) >= 11 is 0. The van der Waals surface area contributed by atoms with Crippen LogP contribution in [0.1, 0.15) is 24.4 Å². The van der Waals surface area contributed by atoms with Crippen molar-refractivity contribution in [3.8, 4) is 17.2 Å². The summed E-state index contributed by atoms with van der Waals surface area (Å²) in [6.45, 7) is 3.77. The summed E-state index contributed by atoms with van der Waals surface area (Å²) < 4.78 is 20.8. The molecule has 0 saturated carbocycles. The van der Waals surface area contributed by atoms with E-state index in [-0.39, 0.29) is 18.5 Å². The number of hydrogen-bond donors (Lipinski definition) is 1. The quantitative estimate of drug-likeness (QED) is 0.668. The minimum atomic E-state index is -0.812. The molecule has 0 saturated heterocycles. The molecule has 0 spiro atoms. The molecule has 7 heteroatoms. The van der Waals surface area contributed by atoms with Crippen LogP contribution in [0.3, 0.4) is 0 Å². The van der Waals surface area contributed by atoms with Gasteiger partial charge in [0.2, 0.25) is 6.79 Å². The lowest BCUT2D eigenvalue weighted by Crippen LogP contribution is -2.46. The van der Waals surface area contributed by atoms with E-state index in [0.29, 0.717) is 17.2 Å². The zero-order valence-corrected chi connectivity index (χ0v) is 13.3. The number of esters is 1. The zero-order chi connectivity index (χ0) is 17.1. The second-order valence-electron chi connectivity index (χ2n) is 5.61. The molecule has 0 radical (unpaired) electrons. The number of ether oxygens (including phenoxy) is 3. The molecule has 1 aromatic heterocycles. The fraction of sp³-hybridized carbons (Fsp3) is 0.294. The first-order valence-corrected chi connectivity index (χ1v) is 7.50. The molecule has 1 aromatic carbocycles. The Morgan fingerprint density at radius 3 is 2.67 bits per heavy atom. The van der Waals surface area contributed by atoms with Crippen molar-refractivity contribution >= 4 is 11.9 Å². The Hall–Kier alpha value is -2.96. The summed E-state index contributed by atoms with van der Waals surface area (Å²) in [7, 11) is 0. The van der Waals surface area contributed by atoms with Crippen LogP contribution in [0, 0.1) is 5.92 Å². The number of furan rings is 1. The van der Waals surface area contributed by atoms with Crippen molar-refractivity contribution in [1.82, 2.24) is 5.32 Å². The van der Waals surface area contributed by atoms with Crippen LogP contribution in [0.5, 0.6) is 17.2 Å². The predicted octanol–water partition coefficient (Wildman–Crippen LogP) is 2.37. The Morgan fingerprint density at radius 2 is 1.96 bits per heavy atom. The molecule has 1 N–H and O–H groups in total. The number of nitrogens with one attached hydrogen (secondary N) is 1. The average Bonchev–Trinajstić information content (AvgIpc) is 3.22. The molecule has 0 aliphatic carbocycles. The molecule has 1 atom stereocenters. The number of fused-ring (bicyclic) bond motifs is 1. The maximum atomic E-state index is 12.4. The summed E-state index contributed by atoms with van der Waals surface area (Å²) in [6.07, 6.45) is 1.39. The summed E-state index contributed by atoms with van der Waals surface area (Å²) in [6, 6.07) is 7.16. The van der Waals surface area contributed by atoms with Crippen molar-refractivity contribution in [3.63, 3.8) is 0 Å². The van der Waals surface area contributed by atoms with Crippen molar-refractivity contribution in [2.24, 2.45) is 5.92 Å². The largest absolute Gasteiger partial charge is 0.459 e. The lowest BCUT2D eigenvalue weighted by molar-refractivity contribution is -0.137. The summed E-state index contributed by atoms with van der Waals surface area (Å²) in [5, 5.41) is 2.63. The SMILES string of the molecule is CC(C)[C@H](NC(=O)c1ccco1)C(=O)Oc1ccc2c(c1)OCO2. The van der Waals surface area contributed by atoms with Crippen molar-refractivity contribution < 1.29 is 28.2 Å². The summed E-state index contributed by atoms with van der Waals surface area (Å²) in [4.78, 5) is 24.5. The lowest BCUT2D eigenvalue weighted by atomic mass is 10.0. The van der Waals surface area contributed by atoms with Gasteiger partial charge in [-0.05, 0) is 30.2 Å². The molecule has 1 amide bonds. The van der Waals surface area contributed by atoms with Gasteiger partial charge in [0, 0.05) is 6.07 Å². The van der Waals surface area contributed by atoms with E-state index in [4.69, 9.17) is 18.6 Å². The van der Waals surface area contributed by atoms with Crippen LogP contribution in [-0.2, 0) is 4.79 Å². The third-order valence-electron chi connectivity index (χ3n) is 3.51. The van der Waals surface area contributed by atoms with E-state index >= 15 is 0 Å². The molecular formula is C17H17NO6. The number of hydrogen-bond acceptors (Lipinski definition) is 6. The fourth-order valence-corrected chi connectivity index (χ4v) is 2.24. The molecule has 0 fully saturated rings. The zero-order valence-electron chi connectivity index (χ0n) is 13.3. The maximum absolute atomic E-state index is 12.4. The molecule has 2 aromatic rings. The van der Waals surface area contributed by atoms with Gasteiger partial charge < -0.3 is 23.9 Å². The van der Waals surface area contributed by atoms with E-state index < -0.39 is 17.9 Å². The van der Waals surface area contributed by atoms with Crippen LogP contribution < -0.4 is 19.5 Å². The first-order chi connectivity index (χ1) is 11.5. The van der Waals surface area contributed by atoms with Crippen molar-refractivity contribution in [2.45, 2.75) is 19.9 Å². The van der Waals surface area contributed by atoms with Crippen LogP contribution >= 0.6 is 0 Å². The Balaban J connectivity index is 1.69. The van der Waals surface area contributed by atoms with E-state index in [1.165, 1.54) is 12.3 Å². The molecule has 7 nitrogen and oxygen atoms in total. The van der Waals surface area contributed by atoms with Crippen molar-refractivity contribution in [3.05, 3.63) is 42.4 Å².